The van der Waals surface area contributed by atoms with Crippen molar-refractivity contribution < 1.29 is 9.59 Å². The number of benzene rings is 2. The third kappa shape index (κ3) is 4.43. The van der Waals surface area contributed by atoms with Gasteiger partial charge in [-0.1, -0.05) is 46.3 Å². The summed E-state index contributed by atoms with van der Waals surface area (Å²) in [5.41, 5.74) is 1.22. The predicted molar refractivity (Wildman–Crippen MR) is 117 cm³/mol. The lowest BCUT2D eigenvalue weighted by molar-refractivity contribution is -0.129. The van der Waals surface area contributed by atoms with E-state index in [1.807, 2.05) is 36.4 Å². The molecule has 4 rings (SSSR count). The van der Waals surface area contributed by atoms with Gasteiger partial charge in [-0.25, -0.2) is 4.98 Å². The molecule has 0 aliphatic carbocycles. The largest absolute Gasteiger partial charge is 0.346 e. The summed E-state index contributed by atoms with van der Waals surface area (Å²) in [4.78, 5) is 43.7. The summed E-state index contributed by atoms with van der Waals surface area (Å²) >= 11 is 3.36. The molecule has 2 amide bonds. The van der Waals surface area contributed by atoms with E-state index in [-0.39, 0.29) is 30.0 Å². The van der Waals surface area contributed by atoms with E-state index in [2.05, 4.69) is 26.2 Å². The Morgan fingerprint density at radius 1 is 1.17 bits per heavy atom. The fourth-order valence-corrected chi connectivity index (χ4v) is 4.04. The second kappa shape index (κ2) is 8.79. The molecule has 0 bridgehead atoms. The van der Waals surface area contributed by atoms with Crippen molar-refractivity contribution in [3.63, 3.8) is 0 Å². The maximum atomic E-state index is 12.8. The van der Waals surface area contributed by atoms with Crippen molar-refractivity contribution in [1.82, 2.24) is 19.8 Å². The number of nitrogens with zero attached hydrogens (tertiary/aromatic N) is 3. The third-order valence-corrected chi connectivity index (χ3v) is 5.70. The van der Waals surface area contributed by atoms with Gasteiger partial charge in [-0.15, -0.1) is 0 Å². The van der Waals surface area contributed by atoms with E-state index in [0.717, 1.165) is 16.5 Å². The smallest absolute Gasteiger partial charge is 0.261 e. The van der Waals surface area contributed by atoms with Crippen LogP contribution in [0, 0.1) is 0 Å². The first kappa shape index (κ1) is 20.3. The quantitative estimate of drug-likeness (QED) is 0.602. The highest BCUT2D eigenvalue weighted by Crippen LogP contribution is 2.19. The van der Waals surface area contributed by atoms with Crippen LogP contribution in [0.2, 0.25) is 0 Å². The van der Waals surface area contributed by atoms with Gasteiger partial charge in [0.1, 0.15) is 6.54 Å². The van der Waals surface area contributed by atoms with Gasteiger partial charge in [0.2, 0.25) is 11.8 Å². The van der Waals surface area contributed by atoms with Gasteiger partial charge in [-0.05, 0) is 30.2 Å². The van der Waals surface area contributed by atoms with Crippen LogP contribution in [0.4, 0.5) is 0 Å². The molecule has 1 atom stereocenters. The second-order valence-electron chi connectivity index (χ2n) is 7.31. The molecule has 2 aromatic carbocycles. The van der Waals surface area contributed by atoms with Crippen molar-refractivity contribution in [3.8, 4) is 0 Å². The van der Waals surface area contributed by atoms with Crippen molar-refractivity contribution in [2.45, 2.75) is 25.4 Å². The molecule has 7 nitrogen and oxygen atoms in total. The number of amides is 2. The monoisotopic (exact) mass is 468 g/mol. The van der Waals surface area contributed by atoms with E-state index in [1.54, 1.807) is 17.0 Å². The van der Waals surface area contributed by atoms with E-state index in [9.17, 15) is 14.4 Å². The minimum atomic E-state index is -0.348. The fourth-order valence-electron chi connectivity index (χ4n) is 3.68. The first-order valence-electron chi connectivity index (χ1n) is 9.78. The van der Waals surface area contributed by atoms with Crippen LogP contribution in [0.5, 0.6) is 0 Å². The molecule has 1 aromatic heterocycles. The molecule has 154 valence electrons. The van der Waals surface area contributed by atoms with Gasteiger partial charge < -0.3 is 10.2 Å². The van der Waals surface area contributed by atoms with Gasteiger partial charge in [-0.3, -0.25) is 19.0 Å². The first-order chi connectivity index (χ1) is 14.5. The van der Waals surface area contributed by atoms with Crippen LogP contribution in [0.1, 0.15) is 24.4 Å². The highest BCUT2D eigenvalue weighted by molar-refractivity contribution is 9.10. The van der Waals surface area contributed by atoms with Crippen LogP contribution in [0.25, 0.3) is 10.9 Å². The van der Waals surface area contributed by atoms with Crippen molar-refractivity contribution in [3.05, 3.63) is 75.2 Å². The molecule has 1 N–H and O–H groups in total. The average Bonchev–Trinajstić information content (AvgIpc) is 3.15. The molecule has 3 aromatic rings. The van der Waals surface area contributed by atoms with Gasteiger partial charge in [0.05, 0.1) is 23.3 Å². The molecule has 1 saturated heterocycles. The van der Waals surface area contributed by atoms with Crippen LogP contribution in [-0.2, 0) is 16.1 Å². The zero-order valence-electron chi connectivity index (χ0n) is 16.3. The fraction of sp³-hybridized carbons (Fsp3) is 0.273. The average molecular weight is 469 g/mol. The summed E-state index contributed by atoms with van der Waals surface area (Å²) in [6.45, 7) is 0.957. The van der Waals surface area contributed by atoms with Crippen molar-refractivity contribution in [2.75, 3.05) is 13.1 Å². The molecule has 30 heavy (non-hydrogen) atoms. The predicted octanol–water partition coefficient (Wildman–Crippen LogP) is 2.64. The van der Waals surface area contributed by atoms with Crippen LogP contribution in [-0.4, -0.2) is 39.4 Å². The number of fused-ring (bicyclic) bond motifs is 1. The Bertz CT molecular complexity index is 1150. The van der Waals surface area contributed by atoms with Crippen molar-refractivity contribution in [1.29, 1.82) is 0 Å². The van der Waals surface area contributed by atoms with Crippen LogP contribution in [0.15, 0.2) is 64.1 Å². The van der Waals surface area contributed by atoms with E-state index in [4.69, 9.17) is 0 Å². The van der Waals surface area contributed by atoms with E-state index >= 15 is 0 Å². The normalized spacial score (nSPS) is 14.8. The van der Waals surface area contributed by atoms with Crippen LogP contribution < -0.4 is 10.9 Å². The molecule has 0 saturated carbocycles. The highest BCUT2D eigenvalue weighted by atomic mass is 79.9. The molecule has 0 spiro atoms. The molecule has 0 radical (unpaired) electrons. The number of likely N-dealkylation sites (tertiary alicyclic amines) is 1. The summed E-state index contributed by atoms with van der Waals surface area (Å²) < 4.78 is 2.07. The van der Waals surface area contributed by atoms with E-state index in [0.29, 0.717) is 30.4 Å². The topological polar surface area (TPSA) is 84.3 Å². The summed E-state index contributed by atoms with van der Waals surface area (Å²) in [7, 11) is 0. The molecule has 1 fully saturated rings. The molecular weight excluding hydrogens is 448 g/mol. The number of carbonyl (C=O) groups is 2. The Morgan fingerprint density at radius 2 is 1.97 bits per heavy atom. The number of nitrogens with one attached hydrogen (secondary N) is 1. The van der Waals surface area contributed by atoms with Crippen molar-refractivity contribution >= 4 is 38.6 Å². The maximum absolute atomic E-state index is 12.8. The van der Waals surface area contributed by atoms with E-state index in [1.165, 1.54) is 10.9 Å². The first-order valence-corrected chi connectivity index (χ1v) is 10.6. The standard InChI is InChI=1S/C22H21BrN4O3/c23-16-8-9-18-17(11-16)22(30)27(14-24-18)13-20(28)25-19(15-5-2-1-3-6-15)12-26-10-4-7-21(26)29/h1-3,5-6,8-9,11,14,19H,4,7,10,12-13H2,(H,25,28). The van der Waals surface area contributed by atoms with Gasteiger partial charge >= 0.3 is 0 Å². The molecule has 2 heterocycles. The minimum Gasteiger partial charge on any atom is -0.346 e. The highest BCUT2D eigenvalue weighted by Gasteiger charge is 2.25. The number of aromatic nitrogens is 2. The third-order valence-electron chi connectivity index (χ3n) is 5.21. The van der Waals surface area contributed by atoms with E-state index < -0.39 is 0 Å². The maximum Gasteiger partial charge on any atom is 0.261 e. The summed E-state index contributed by atoms with van der Waals surface area (Å²) in [5.74, 6) is -0.209. The minimum absolute atomic E-state index is 0.103. The summed E-state index contributed by atoms with van der Waals surface area (Å²) in [6.07, 6.45) is 2.77. The molecule has 8 heteroatoms. The molecule has 1 aliphatic heterocycles. The number of hydrogen-bond acceptors (Lipinski definition) is 4. The number of carbonyl (C=O) groups excluding carboxylic acids is 2. The SMILES string of the molecule is O=C(Cn1cnc2ccc(Br)cc2c1=O)NC(CN1CCCC1=O)c1ccccc1. The lowest BCUT2D eigenvalue weighted by atomic mass is 10.1. The second-order valence-corrected chi connectivity index (χ2v) is 8.23. The Hall–Kier alpha value is -3.00. The summed E-state index contributed by atoms with van der Waals surface area (Å²) in [6, 6.07) is 14.5. The van der Waals surface area contributed by atoms with Crippen LogP contribution >= 0.6 is 15.9 Å². The zero-order valence-corrected chi connectivity index (χ0v) is 17.8. The summed E-state index contributed by atoms with van der Waals surface area (Å²) in [5, 5.41) is 3.43. The van der Waals surface area contributed by atoms with Gasteiger partial charge in [-0.2, -0.15) is 0 Å². The number of hydrogen-bond donors (Lipinski definition) is 1. The lowest BCUT2D eigenvalue weighted by Gasteiger charge is -2.25. The number of rotatable bonds is 6. The Kier molecular flexibility index (Phi) is 5.94. The Labute approximate surface area is 181 Å². The molecule has 1 aliphatic rings. The van der Waals surface area contributed by atoms with Gasteiger partial charge in [0, 0.05) is 24.0 Å². The zero-order chi connectivity index (χ0) is 21.1. The number of halogens is 1. The Balaban J connectivity index is 1.54. The van der Waals surface area contributed by atoms with Gasteiger partial charge in [0.15, 0.2) is 0 Å². The molecular formula is C22H21BrN4O3. The van der Waals surface area contributed by atoms with Crippen molar-refractivity contribution in [2.24, 2.45) is 0 Å². The van der Waals surface area contributed by atoms with Crippen LogP contribution in [0.3, 0.4) is 0 Å². The molecule has 1 unspecified atom stereocenters. The Morgan fingerprint density at radius 3 is 2.70 bits per heavy atom. The van der Waals surface area contributed by atoms with Gasteiger partial charge in [0.25, 0.3) is 5.56 Å². The lowest BCUT2D eigenvalue weighted by Crippen LogP contribution is -2.40.